The van der Waals surface area contributed by atoms with Gasteiger partial charge in [-0.1, -0.05) is 5.16 Å². The maximum absolute atomic E-state index is 11.9. The smallest absolute Gasteiger partial charge is 0.413 e. The molecule has 2 rings (SSSR count). The van der Waals surface area contributed by atoms with Crippen molar-refractivity contribution >= 4 is 18.0 Å². The number of amides is 2. The lowest BCUT2D eigenvalue weighted by Crippen LogP contribution is -2.34. The molecule has 9 heteroatoms. The monoisotopic (exact) mass is 376 g/mol. The number of aryl methyl sites for hydroxylation is 2. The number of hydrogen-bond donors (Lipinski definition) is 1. The number of carbonyl (C=O) groups is 3. The molecule has 0 saturated carbocycles. The lowest BCUT2D eigenvalue weighted by atomic mass is 10.2. The number of nitrogens with zero attached hydrogens (tertiary/aromatic N) is 1. The molecule has 1 N–H and O–H groups in total. The molecule has 144 valence electrons. The topological polar surface area (TPSA) is 117 Å². The molecule has 9 nitrogen and oxygen atoms in total. The van der Waals surface area contributed by atoms with Crippen LogP contribution < -0.4 is 10.1 Å². The van der Waals surface area contributed by atoms with Crippen LogP contribution in [0.4, 0.5) is 4.79 Å². The van der Waals surface area contributed by atoms with Gasteiger partial charge in [-0.25, -0.2) is 9.59 Å². The van der Waals surface area contributed by atoms with Gasteiger partial charge in [-0.2, -0.15) is 0 Å². The Balaban J connectivity index is 1.82. The van der Waals surface area contributed by atoms with Gasteiger partial charge in [-0.15, -0.1) is 0 Å². The van der Waals surface area contributed by atoms with Crippen LogP contribution in [0.1, 0.15) is 34.3 Å². The fourth-order valence-electron chi connectivity index (χ4n) is 2.08. The first kappa shape index (κ1) is 20.0. The van der Waals surface area contributed by atoms with E-state index in [0.29, 0.717) is 18.1 Å². The first-order valence-electron chi connectivity index (χ1n) is 8.19. The number of carbonyl (C=O) groups excluding carboxylic acids is 3. The van der Waals surface area contributed by atoms with Gasteiger partial charge in [-0.3, -0.25) is 10.1 Å². The fourth-order valence-corrected chi connectivity index (χ4v) is 2.08. The van der Waals surface area contributed by atoms with Crippen LogP contribution in [0, 0.1) is 13.8 Å². The summed E-state index contributed by atoms with van der Waals surface area (Å²) in [4.78, 5) is 34.5. The Morgan fingerprint density at radius 3 is 2.41 bits per heavy atom. The summed E-state index contributed by atoms with van der Waals surface area (Å²) < 4.78 is 20.1. The Kier molecular flexibility index (Phi) is 6.93. The van der Waals surface area contributed by atoms with Gasteiger partial charge in [0.05, 0.1) is 23.4 Å². The van der Waals surface area contributed by atoms with E-state index in [0.717, 1.165) is 11.3 Å². The molecule has 1 aromatic heterocycles. The number of hydrogen-bond acceptors (Lipinski definition) is 8. The number of aromatic nitrogens is 1. The summed E-state index contributed by atoms with van der Waals surface area (Å²) in [6, 6.07) is 6.23. The van der Waals surface area contributed by atoms with E-state index in [9.17, 15) is 14.4 Å². The average Bonchev–Trinajstić information content (AvgIpc) is 2.96. The Hall–Kier alpha value is -3.36. The third-order valence-electron chi connectivity index (χ3n) is 3.51. The summed E-state index contributed by atoms with van der Waals surface area (Å²) in [6.45, 7) is 5.05. The van der Waals surface area contributed by atoms with Crippen LogP contribution in [0.3, 0.4) is 0 Å². The second-order valence-corrected chi connectivity index (χ2v) is 5.46. The Labute approximate surface area is 155 Å². The molecular weight excluding hydrogens is 356 g/mol. The minimum Gasteiger partial charge on any atom is -0.489 e. The van der Waals surface area contributed by atoms with Crippen molar-refractivity contribution < 1.29 is 33.1 Å². The molecule has 2 amide bonds. The maximum Gasteiger partial charge on any atom is 0.413 e. The van der Waals surface area contributed by atoms with Crippen molar-refractivity contribution in [2.45, 2.75) is 27.4 Å². The van der Waals surface area contributed by atoms with E-state index in [-0.39, 0.29) is 12.2 Å². The number of ether oxygens (including phenoxy) is 3. The largest absolute Gasteiger partial charge is 0.489 e. The number of alkyl carbamates (subject to hydrolysis) is 1. The van der Waals surface area contributed by atoms with Crippen molar-refractivity contribution in [1.82, 2.24) is 10.5 Å². The SMILES string of the molecule is CCOC(=O)NC(=O)COC(=O)c1ccc(OCc2c(C)noc2C)cc1. The van der Waals surface area contributed by atoms with Crippen LogP contribution in [0.25, 0.3) is 0 Å². The minimum atomic E-state index is -0.890. The van der Waals surface area contributed by atoms with Crippen molar-refractivity contribution in [3.63, 3.8) is 0 Å². The van der Waals surface area contributed by atoms with E-state index < -0.39 is 24.6 Å². The van der Waals surface area contributed by atoms with E-state index in [1.54, 1.807) is 26.0 Å². The van der Waals surface area contributed by atoms with Gasteiger partial charge in [0.2, 0.25) is 0 Å². The molecule has 0 bridgehead atoms. The Bertz CT molecular complexity index is 792. The summed E-state index contributed by atoms with van der Waals surface area (Å²) >= 11 is 0. The van der Waals surface area contributed by atoms with E-state index in [4.69, 9.17) is 14.0 Å². The lowest BCUT2D eigenvalue weighted by molar-refractivity contribution is -0.123. The number of imide groups is 1. The predicted molar refractivity (Wildman–Crippen MR) is 92.2 cm³/mol. The maximum atomic E-state index is 11.9. The molecule has 0 spiro atoms. The first-order chi connectivity index (χ1) is 12.9. The number of nitrogens with one attached hydrogen (secondary N) is 1. The quantitative estimate of drug-likeness (QED) is 0.732. The molecule has 0 atom stereocenters. The zero-order valence-corrected chi connectivity index (χ0v) is 15.2. The van der Waals surface area contributed by atoms with Gasteiger partial charge in [0.15, 0.2) is 6.61 Å². The fraction of sp³-hybridized carbons (Fsp3) is 0.333. The molecule has 0 aliphatic carbocycles. The van der Waals surface area contributed by atoms with Crippen LogP contribution in [-0.4, -0.2) is 36.3 Å². The summed E-state index contributed by atoms with van der Waals surface area (Å²) in [5.74, 6) is -0.243. The molecule has 27 heavy (non-hydrogen) atoms. The van der Waals surface area contributed by atoms with Crippen molar-refractivity contribution in [2.75, 3.05) is 13.2 Å². The minimum absolute atomic E-state index is 0.129. The highest BCUT2D eigenvalue weighted by Crippen LogP contribution is 2.18. The predicted octanol–water partition coefficient (Wildman–Crippen LogP) is 2.30. The molecule has 0 aliphatic rings. The molecular formula is C18H20N2O7. The molecule has 1 aromatic carbocycles. The number of benzene rings is 1. The summed E-state index contributed by atoms with van der Waals surface area (Å²) in [7, 11) is 0. The third kappa shape index (κ3) is 5.84. The van der Waals surface area contributed by atoms with Crippen LogP contribution in [0.2, 0.25) is 0 Å². The Morgan fingerprint density at radius 1 is 1.11 bits per heavy atom. The molecule has 0 fully saturated rings. The highest BCUT2D eigenvalue weighted by atomic mass is 16.6. The van der Waals surface area contributed by atoms with Gasteiger partial charge in [0.1, 0.15) is 18.1 Å². The van der Waals surface area contributed by atoms with E-state index >= 15 is 0 Å². The number of rotatable bonds is 7. The van der Waals surface area contributed by atoms with Gasteiger partial charge >= 0.3 is 12.1 Å². The van der Waals surface area contributed by atoms with E-state index in [1.807, 2.05) is 12.2 Å². The van der Waals surface area contributed by atoms with Crippen LogP contribution in [0.15, 0.2) is 28.8 Å². The molecule has 1 heterocycles. The van der Waals surface area contributed by atoms with Crippen LogP contribution in [0.5, 0.6) is 5.75 Å². The van der Waals surface area contributed by atoms with E-state index in [1.165, 1.54) is 12.1 Å². The van der Waals surface area contributed by atoms with Crippen molar-refractivity contribution in [3.05, 3.63) is 46.8 Å². The second kappa shape index (κ2) is 9.37. The number of esters is 1. The van der Waals surface area contributed by atoms with Gasteiger partial charge < -0.3 is 18.7 Å². The van der Waals surface area contributed by atoms with Crippen LogP contribution >= 0.6 is 0 Å². The highest BCUT2D eigenvalue weighted by Gasteiger charge is 2.13. The average molecular weight is 376 g/mol. The molecule has 0 aliphatic heterocycles. The second-order valence-electron chi connectivity index (χ2n) is 5.46. The van der Waals surface area contributed by atoms with Crippen LogP contribution in [-0.2, 0) is 20.9 Å². The lowest BCUT2D eigenvalue weighted by Gasteiger charge is -2.08. The van der Waals surface area contributed by atoms with Gasteiger partial charge in [0.25, 0.3) is 5.91 Å². The molecule has 0 saturated heterocycles. The highest BCUT2D eigenvalue weighted by molar-refractivity contribution is 5.95. The normalized spacial score (nSPS) is 10.2. The summed E-state index contributed by atoms with van der Waals surface area (Å²) in [6.07, 6.45) is -0.890. The summed E-state index contributed by atoms with van der Waals surface area (Å²) in [5, 5.41) is 5.78. The molecule has 0 unspecified atom stereocenters. The van der Waals surface area contributed by atoms with Gasteiger partial charge in [0, 0.05) is 0 Å². The zero-order chi connectivity index (χ0) is 19.8. The first-order valence-corrected chi connectivity index (χ1v) is 8.19. The van der Waals surface area contributed by atoms with Crippen molar-refractivity contribution in [1.29, 1.82) is 0 Å². The molecule has 2 aromatic rings. The Morgan fingerprint density at radius 2 is 1.81 bits per heavy atom. The summed E-state index contributed by atoms with van der Waals surface area (Å²) in [5.41, 5.74) is 1.86. The third-order valence-corrected chi connectivity index (χ3v) is 3.51. The van der Waals surface area contributed by atoms with Gasteiger partial charge in [-0.05, 0) is 45.0 Å². The molecule has 0 radical (unpaired) electrons. The van der Waals surface area contributed by atoms with Crippen molar-refractivity contribution in [2.24, 2.45) is 0 Å². The standard InChI is InChI=1S/C18H20N2O7/c1-4-24-18(23)19-16(21)10-26-17(22)13-5-7-14(8-6-13)25-9-15-11(2)20-27-12(15)3/h5-8H,4,9-10H2,1-3H3,(H,19,21,23). The van der Waals surface area contributed by atoms with E-state index in [2.05, 4.69) is 9.89 Å². The van der Waals surface area contributed by atoms with Crippen molar-refractivity contribution in [3.8, 4) is 5.75 Å². The zero-order valence-electron chi connectivity index (χ0n) is 15.2.